The largest absolute Gasteiger partial charge is 0.335 e. The molecule has 0 spiro atoms. The molecule has 1 saturated carbocycles. The molecule has 5 heteroatoms. The van der Waals surface area contributed by atoms with Gasteiger partial charge >= 0.3 is 0 Å². The lowest BCUT2D eigenvalue weighted by Gasteiger charge is -2.36. The van der Waals surface area contributed by atoms with Gasteiger partial charge in [-0.05, 0) is 63.4 Å². The van der Waals surface area contributed by atoms with E-state index < -0.39 is 0 Å². The summed E-state index contributed by atoms with van der Waals surface area (Å²) in [4.78, 5) is 17.0. The van der Waals surface area contributed by atoms with Crippen LogP contribution in [0.15, 0.2) is 30.3 Å². The molecular weight excluding hydrogens is 355 g/mol. The van der Waals surface area contributed by atoms with Gasteiger partial charge in [-0.15, -0.1) is 12.4 Å². The van der Waals surface area contributed by atoms with Crippen LogP contribution in [0.3, 0.4) is 0 Å². The number of carbonyl (C=O) groups excluding carboxylic acids is 1. The third-order valence-electron chi connectivity index (χ3n) is 4.81. The SMILES string of the molecule is CN(C)CCN(C(=O)/C=C/c1ccccc1Cl)[C@H]1CC[C@H](C)CC1.Cl. The van der Waals surface area contributed by atoms with Crippen molar-refractivity contribution in [2.24, 2.45) is 5.92 Å². The molecule has 1 fully saturated rings. The van der Waals surface area contributed by atoms with Crippen LogP contribution < -0.4 is 0 Å². The number of carbonyl (C=O) groups is 1. The van der Waals surface area contributed by atoms with Crippen molar-refractivity contribution >= 4 is 36.0 Å². The minimum absolute atomic E-state index is 0. The topological polar surface area (TPSA) is 23.6 Å². The van der Waals surface area contributed by atoms with Gasteiger partial charge in [-0.2, -0.15) is 0 Å². The Labute approximate surface area is 163 Å². The lowest BCUT2D eigenvalue weighted by molar-refractivity contribution is -0.129. The summed E-state index contributed by atoms with van der Waals surface area (Å²) in [5.74, 6) is 0.877. The van der Waals surface area contributed by atoms with E-state index in [0.29, 0.717) is 11.1 Å². The van der Waals surface area contributed by atoms with Crippen molar-refractivity contribution in [1.29, 1.82) is 0 Å². The molecule has 0 aromatic heterocycles. The molecule has 0 atom stereocenters. The zero-order valence-corrected chi connectivity index (χ0v) is 17.0. The maximum Gasteiger partial charge on any atom is 0.246 e. The molecule has 0 aliphatic heterocycles. The molecule has 0 saturated heterocycles. The molecule has 0 N–H and O–H groups in total. The van der Waals surface area contributed by atoms with E-state index in [9.17, 15) is 4.79 Å². The predicted molar refractivity (Wildman–Crippen MR) is 109 cm³/mol. The first kappa shape index (κ1) is 22.0. The van der Waals surface area contributed by atoms with Crippen LogP contribution in [0, 0.1) is 5.92 Å². The molecule has 1 aliphatic carbocycles. The summed E-state index contributed by atoms with van der Waals surface area (Å²) in [6.45, 7) is 3.97. The van der Waals surface area contributed by atoms with Crippen LogP contribution in [-0.2, 0) is 4.79 Å². The second kappa shape index (κ2) is 10.8. The molecule has 25 heavy (non-hydrogen) atoms. The van der Waals surface area contributed by atoms with E-state index in [-0.39, 0.29) is 18.3 Å². The predicted octanol–water partition coefficient (Wildman–Crippen LogP) is 4.74. The highest BCUT2D eigenvalue weighted by Crippen LogP contribution is 2.27. The van der Waals surface area contributed by atoms with E-state index in [1.807, 2.05) is 44.4 Å². The second-order valence-corrected chi connectivity index (χ2v) is 7.51. The minimum Gasteiger partial charge on any atom is -0.335 e. The third-order valence-corrected chi connectivity index (χ3v) is 5.15. The van der Waals surface area contributed by atoms with Crippen LogP contribution in [0.25, 0.3) is 6.08 Å². The van der Waals surface area contributed by atoms with Crippen LogP contribution in [0.2, 0.25) is 5.02 Å². The number of hydrogen-bond acceptors (Lipinski definition) is 2. The monoisotopic (exact) mass is 384 g/mol. The van der Waals surface area contributed by atoms with Gasteiger partial charge in [0, 0.05) is 30.2 Å². The number of rotatable bonds is 6. The lowest BCUT2D eigenvalue weighted by Crippen LogP contribution is -2.44. The molecule has 1 aliphatic rings. The Morgan fingerprint density at radius 1 is 1.16 bits per heavy atom. The first-order valence-electron chi connectivity index (χ1n) is 8.85. The highest BCUT2D eigenvalue weighted by atomic mass is 35.5. The van der Waals surface area contributed by atoms with Crippen LogP contribution >= 0.6 is 24.0 Å². The summed E-state index contributed by atoms with van der Waals surface area (Å²) in [6.07, 6.45) is 8.16. The molecule has 140 valence electrons. The normalized spacial score (nSPS) is 20.5. The average molecular weight is 385 g/mol. The van der Waals surface area contributed by atoms with Gasteiger partial charge in [-0.25, -0.2) is 0 Å². The minimum atomic E-state index is 0. The average Bonchev–Trinajstić information content (AvgIpc) is 2.55. The van der Waals surface area contributed by atoms with Crippen molar-refractivity contribution in [3.63, 3.8) is 0 Å². The molecule has 0 unspecified atom stereocenters. The molecule has 1 aromatic carbocycles. The Morgan fingerprint density at radius 3 is 2.40 bits per heavy atom. The fraction of sp³-hybridized carbons (Fsp3) is 0.550. The van der Waals surface area contributed by atoms with Crippen LogP contribution in [0.4, 0.5) is 0 Å². The summed E-state index contributed by atoms with van der Waals surface area (Å²) >= 11 is 6.17. The molecule has 0 heterocycles. The Kier molecular flexibility index (Phi) is 9.55. The summed E-state index contributed by atoms with van der Waals surface area (Å²) in [6, 6.07) is 7.97. The zero-order valence-electron chi connectivity index (χ0n) is 15.5. The van der Waals surface area contributed by atoms with Gasteiger partial charge in [-0.1, -0.05) is 36.7 Å². The lowest BCUT2D eigenvalue weighted by atomic mass is 9.86. The molecule has 3 nitrogen and oxygen atoms in total. The fourth-order valence-corrected chi connectivity index (χ4v) is 3.40. The van der Waals surface area contributed by atoms with Crippen LogP contribution in [0.1, 0.15) is 38.2 Å². The number of nitrogens with zero attached hydrogens (tertiary/aromatic N) is 2. The Hall–Kier alpha value is -1.03. The third kappa shape index (κ3) is 7.01. The maximum atomic E-state index is 12.8. The molecular formula is C20H30Cl2N2O. The van der Waals surface area contributed by atoms with E-state index in [1.54, 1.807) is 6.08 Å². The van der Waals surface area contributed by atoms with Crippen molar-refractivity contribution in [2.75, 3.05) is 27.2 Å². The maximum absolute atomic E-state index is 12.8. The van der Waals surface area contributed by atoms with Crippen LogP contribution in [0.5, 0.6) is 0 Å². The summed E-state index contributed by atoms with van der Waals surface area (Å²) in [5, 5.41) is 0.674. The number of halogens is 2. The van der Waals surface area contributed by atoms with Gasteiger partial charge in [0.2, 0.25) is 5.91 Å². The van der Waals surface area contributed by atoms with E-state index >= 15 is 0 Å². The van der Waals surface area contributed by atoms with Crippen molar-refractivity contribution in [3.8, 4) is 0 Å². The van der Waals surface area contributed by atoms with E-state index in [0.717, 1.165) is 37.4 Å². The Bertz CT molecular complexity index is 567. The zero-order chi connectivity index (χ0) is 17.5. The Balaban J connectivity index is 0.00000312. The first-order valence-corrected chi connectivity index (χ1v) is 9.23. The Morgan fingerprint density at radius 2 is 1.80 bits per heavy atom. The highest BCUT2D eigenvalue weighted by Gasteiger charge is 2.26. The van der Waals surface area contributed by atoms with E-state index in [2.05, 4.69) is 16.7 Å². The molecule has 1 amide bonds. The summed E-state index contributed by atoms with van der Waals surface area (Å²) in [7, 11) is 4.09. The van der Waals surface area contributed by atoms with Gasteiger partial charge in [-0.3, -0.25) is 4.79 Å². The quantitative estimate of drug-likeness (QED) is 0.660. The van der Waals surface area contributed by atoms with Crippen LogP contribution in [-0.4, -0.2) is 48.9 Å². The number of benzene rings is 1. The van der Waals surface area contributed by atoms with E-state index in [1.165, 1.54) is 12.8 Å². The first-order chi connectivity index (χ1) is 11.5. The van der Waals surface area contributed by atoms with Crippen molar-refractivity contribution in [3.05, 3.63) is 40.9 Å². The smallest absolute Gasteiger partial charge is 0.246 e. The van der Waals surface area contributed by atoms with Crippen molar-refractivity contribution < 1.29 is 4.79 Å². The highest BCUT2D eigenvalue weighted by molar-refractivity contribution is 6.32. The number of likely N-dealkylation sites (N-methyl/N-ethyl adjacent to an activating group) is 1. The van der Waals surface area contributed by atoms with E-state index in [4.69, 9.17) is 11.6 Å². The van der Waals surface area contributed by atoms with Crippen molar-refractivity contribution in [2.45, 2.75) is 38.6 Å². The standard InChI is InChI=1S/C20H29ClN2O.ClH/c1-16-8-11-18(12-9-16)23(15-14-22(2)3)20(24)13-10-17-6-4-5-7-19(17)21;/h4-7,10,13,16,18H,8-9,11-12,14-15H2,1-3H3;1H/b13-10+;/t16-,18-;. The molecule has 1 aromatic rings. The summed E-state index contributed by atoms with van der Waals surface area (Å²) in [5.41, 5.74) is 0.886. The van der Waals surface area contributed by atoms with Gasteiger partial charge < -0.3 is 9.80 Å². The second-order valence-electron chi connectivity index (χ2n) is 7.10. The number of hydrogen-bond donors (Lipinski definition) is 0. The van der Waals surface area contributed by atoms with Gasteiger partial charge in [0.05, 0.1) is 0 Å². The van der Waals surface area contributed by atoms with Gasteiger partial charge in [0.1, 0.15) is 0 Å². The fourth-order valence-electron chi connectivity index (χ4n) is 3.20. The molecule has 0 radical (unpaired) electrons. The molecule has 0 bridgehead atoms. The van der Waals surface area contributed by atoms with Gasteiger partial charge in [0.15, 0.2) is 0 Å². The molecule has 2 rings (SSSR count). The van der Waals surface area contributed by atoms with Gasteiger partial charge in [0.25, 0.3) is 0 Å². The number of amides is 1. The van der Waals surface area contributed by atoms with Crippen molar-refractivity contribution in [1.82, 2.24) is 9.80 Å². The summed E-state index contributed by atoms with van der Waals surface area (Å²) < 4.78 is 0.